The highest BCUT2D eigenvalue weighted by molar-refractivity contribution is 7.85. The molecule has 0 saturated carbocycles. The van der Waals surface area contributed by atoms with Crippen LogP contribution in [0.1, 0.15) is 33.3 Å². The van der Waals surface area contributed by atoms with E-state index in [0.717, 1.165) is 0 Å². The van der Waals surface area contributed by atoms with E-state index in [1.165, 1.54) is 0 Å². The fourth-order valence-electron chi connectivity index (χ4n) is 1.23. The minimum atomic E-state index is -1.54. The van der Waals surface area contributed by atoms with Gasteiger partial charge in [-0.15, -0.1) is 0 Å². The molecule has 0 aromatic heterocycles. The summed E-state index contributed by atoms with van der Waals surface area (Å²) >= 11 is 5.82. The summed E-state index contributed by atoms with van der Waals surface area (Å²) in [6.45, 7) is 7.30. The number of rotatable bonds is 4. The highest BCUT2D eigenvalue weighted by Gasteiger charge is 2.23. The van der Waals surface area contributed by atoms with Crippen LogP contribution >= 0.6 is 11.6 Å². The molecule has 0 saturated heterocycles. The Morgan fingerprint density at radius 3 is 2.30 bits per heavy atom. The summed E-state index contributed by atoms with van der Waals surface area (Å²) in [6.07, 6.45) is 0. The van der Waals surface area contributed by atoms with Gasteiger partial charge in [0.05, 0.1) is 11.4 Å². The third-order valence-electron chi connectivity index (χ3n) is 2.28. The molecular weight excluding hydrogens is 298 g/mol. The molecule has 1 rings (SSSR count). The van der Waals surface area contributed by atoms with E-state index in [4.69, 9.17) is 16.3 Å². The number of halogens is 1. The zero-order chi connectivity index (χ0) is 15.3. The van der Waals surface area contributed by atoms with Gasteiger partial charge >= 0.3 is 5.97 Å². The van der Waals surface area contributed by atoms with Crippen LogP contribution in [-0.4, -0.2) is 27.2 Å². The van der Waals surface area contributed by atoms with Crippen molar-refractivity contribution in [1.29, 1.82) is 0 Å². The monoisotopic (exact) mass is 315 g/mol. The van der Waals surface area contributed by atoms with E-state index >= 15 is 0 Å². The van der Waals surface area contributed by atoms with Crippen LogP contribution in [0.15, 0.2) is 28.7 Å². The van der Waals surface area contributed by atoms with Crippen LogP contribution in [-0.2, 0) is 20.5 Å². The van der Waals surface area contributed by atoms with Gasteiger partial charge in [0.15, 0.2) is 5.71 Å². The molecule has 0 radical (unpaired) electrons. The average Bonchev–Trinajstić information content (AvgIpc) is 2.36. The van der Waals surface area contributed by atoms with Gasteiger partial charge in [0.25, 0.3) is 0 Å². The molecular formula is C14H18ClNO3S. The molecule has 110 valence electrons. The minimum absolute atomic E-state index is 0.0526. The maximum Gasteiger partial charge on any atom is 0.358 e. The molecule has 6 heteroatoms. The molecule has 20 heavy (non-hydrogen) atoms. The van der Waals surface area contributed by atoms with E-state index in [-0.39, 0.29) is 12.3 Å². The standard InChI is InChI=1S/C14H18ClNO3S/c1-5-19-13(17)12(16-20(18)14(2,3)4)10-6-8-11(15)9-7-10/h6-9H,5H2,1-4H3. The Balaban J connectivity index is 3.22. The first-order valence-electron chi connectivity index (χ1n) is 6.19. The third-order valence-corrected chi connectivity index (χ3v) is 3.93. The summed E-state index contributed by atoms with van der Waals surface area (Å²) < 4.78 is 20.6. The second kappa shape index (κ2) is 6.99. The number of esters is 1. The molecule has 0 aliphatic heterocycles. The topological polar surface area (TPSA) is 55.7 Å². The van der Waals surface area contributed by atoms with Crippen molar-refractivity contribution in [3.8, 4) is 0 Å². The number of carbonyl (C=O) groups is 1. The average molecular weight is 316 g/mol. The Labute approximate surface area is 126 Å². The first-order chi connectivity index (χ1) is 9.25. The van der Waals surface area contributed by atoms with Gasteiger partial charge in [-0.2, -0.15) is 4.40 Å². The van der Waals surface area contributed by atoms with Gasteiger partial charge in [0.2, 0.25) is 0 Å². The van der Waals surface area contributed by atoms with Crippen LogP contribution in [0.5, 0.6) is 0 Å². The summed E-state index contributed by atoms with van der Waals surface area (Å²) in [7, 11) is -1.54. The van der Waals surface area contributed by atoms with Crippen molar-refractivity contribution in [3.63, 3.8) is 0 Å². The zero-order valence-corrected chi connectivity index (χ0v) is 13.5. The predicted molar refractivity (Wildman–Crippen MR) is 82.5 cm³/mol. The highest BCUT2D eigenvalue weighted by atomic mass is 35.5. The lowest BCUT2D eigenvalue weighted by molar-refractivity contribution is -0.134. The smallest absolute Gasteiger partial charge is 0.358 e. The highest BCUT2D eigenvalue weighted by Crippen LogP contribution is 2.16. The van der Waals surface area contributed by atoms with Crippen molar-refractivity contribution < 1.29 is 13.7 Å². The molecule has 1 aromatic carbocycles. The Morgan fingerprint density at radius 2 is 1.85 bits per heavy atom. The number of nitrogens with zero attached hydrogens (tertiary/aromatic N) is 1. The summed E-state index contributed by atoms with van der Waals surface area (Å²) in [5.41, 5.74) is 0.585. The molecule has 0 spiro atoms. The van der Waals surface area contributed by atoms with Crippen LogP contribution in [0.25, 0.3) is 0 Å². The van der Waals surface area contributed by atoms with Gasteiger partial charge in [-0.1, -0.05) is 23.7 Å². The summed E-state index contributed by atoms with van der Waals surface area (Å²) in [5.74, 6) is -0.590. The number of hydrogen-bond donors (Lipinski definition) is 0. The van der Waals surface area contributed by atoms with Gasteiger partial charge in [-0.25, -0.2) is 9.00 Å². The molecule has 0 heterocycles. The van der Waals surface area contributed by atoms with Crippen LogP contribution in [0.4, 0.5) is 0 Å². The second-order valence-electron chi connectivity index (χ2n) is 5.03. The lowest BCUT2D eigenvalue weighted by Gasteiger charge is -2.14. The van der Waals surface area contributed by atoms with E-state index in [0.29, 0.717) is 10.6 Å². The van der Waals surface area contributed by atoms with Crippen LogP contribution in [0.2, 0.25) is 5.02 Å². The van der Waals surface area contributed by atoms with Crippen LogP contribution < -0.4 is 0 Å². The van der Waals surface area contributed by atoms with Gasteiger partial charge in [0, 0.05) is 10.6 Å². The Hall–Kier alpha value is -1.20. The Bertz CT molecular complexity index is 532. The summed E-state index contributed by atoms with van der Waals surface area (Å²) in [6, 6.07) is 6.59. The normalized spacial score (nSPS) is 13.9. The number of carbonyl (C=O) groups excluding carboxylic acids is 1. The van der Waals surface area contributed by atoms with Crippen molar-refractivity contribution in [2.45, 2.75) is 32.4 Å². The van der Waals surface area contributed by atoms with Gasteiger partial charge < -0.3 is 4.74 Å². The van der Waals surface area contributed by atoms with Crippen LogP contribution in [0.3, 0.4) is 0 Å². The predicted octanol–water partition coefficient (Wildman–Crippen LogP) is 3.15. The van der Waals surface area contributed by atoms with E-state index in [2.05, 4.69) is 4.40 Å². The molecule has 0 aliphatic rings. The van der Waals surface area contributed by atoms with Crippen molar-refractivity contribution in [3.05, 3.63) is 34.9 Å². The van der Waals surface area contributed by atoms with Gasteiger partial charge in [-0.05, 0) is 39.8 Å². The van der Waals surface area contributed by atoms with E-state index < -0.39 is 21.7 Å². The molecule has 0 bridgehead atoms. The maximum atomic E-state index is 12.1. The molecule has 1 unspecified atom stereocenters. The molecule has 0 amide bonds. The zero-order valence-electron chi connectivity index (χ0n) is 12.0. The number of ether oxygens (including phenoxy) is 1. The fourth-order valence-corrected chi connectivity index (χ4v) is 1.98. The van der Waals surface area contributed by atoms with E-state index in [1.54, 1.807) is 52.0 Å². The molecule has 1 atom stereocenters. The van der Waals surface area contributed by atoms with E-state index in [9.17, 15) is 9.00 Å². The van der Waals surface area contributed by atoms with Crippen molar-refractivity contribution >= 4 is 34.3 Å². The number of hydrogen-bond acceptors (Lipinski definition) is 3. The summed E-state index contributed by atoms with van der Waals surface area (Å²) in [4.78, 5) is 12.0. The maximum absolute atomic E-state index is 12.1. The SMILES string of the molecule is CCOC(=O)C(=NS(=O)C(C)(C)C)c1ccc(Cl)cc1. The molecule has 1 aromatic rings. The van der Waals surface area contributed by atoms with Crippen molar-refractivity contribution in [1.82, 2.24) is 0 Å². The Morgan fingerprint density at radius 1 is 1.30 bits per heavy atom. The van der Waals surface area contributed by atoms with Crippen molar-refractivity contribution in [2.75, 3.05) is 6.61 Å². The lowest BCUT2D eigenvalue weighted by Crippen LogP contribution is -2.25. The number of benzene rings is 1. The van der Waals surface area contributed by atoms with Crippen LogP contribution in [0, 0.1) is 0 Å². The van der Waals surface area contributed by atoms with E-state index in [1.807, 2.05) is 0 Å². The molecule has 4 nitrogen and oxygen atoms in total. The lowest BCUT2D eigenvalue weighted by atomic mass is 10.1. The molecule has 0 fully saturated rings. The molecule has 0 N–H and O–H groups in total. The minimum Gasteiger partial charge on any atom is -0.461 e. The molecule has 0 aliphatic carbocycles. The quantitative estimate of drug-likeness (QED) is 0.633. The van der Waals surface area contributed by atoms with Gasteiger partial charge in [0.1, 0.15) is 11.0 Å². The first-order valence-corrected chi connectivity index (χ1v) is 7.68. The van der Waals surface area contributed by atoms with Gasteiger partial charge in [-0.3, -0.25) is 0 Å². The Kier molecular flexibility index (Phi) is 5.89. The first kappa shape index (κ1) is 16.9. The largest absolute Gasteiger partial charge is 0.461 e. The fraction of sp³-hybridized carbons (Fsp3) is 0.429. The third kappa shape index (κ3) is 4.72. The second-order valence-corrected chi connectivity index (χ2v) is 7.37. The summed E-state index contributed by atoms with van der Waals surface area (Å²) in [5, 5.41) is 0.550. The van der Waals surface area contributed by atoms with Crippen molar-refractivity contribution in [2.24, 2.45) is 4.40 Å².